The van der Waals surface area contributed by atoms with Crippen molar-refractivity contribution in [3.63, 3.8) is 0 Å². The highest BCUT2D eigenvalue weighted by Crippen LogP contribution is 2.28. The molecule has 88 valence electrons. The number of hydrogen-bond donors (Lipinski definition) is 1. The lowest BCUT2D eigenvalue weighted by molar-refractivity contribution is 0.296. The Labute approximate surface area is 101 Å². The van der Waals surface area contributed by atoms with Crippen molar-refractivity contribution in [2.24, 2.45) is 5.92 Å². The Morgan fingerprint density at radius 2 is 1.94 bits per heavy atom. The monoisotopic (exact) mass is 242 g/mol. The van der Waals surface area contributed by atoms with Gasteiger partial charge in [0.2, 0.25) is 0 Å². The van der Waals surface area contributed by atoms with Crippen LogP contribution >= 0.6 is 11.6 Å². The van der Waals surface area contributed by atoms with Gasteiger partial charge in [0.25, 0.3) is 0 Å². The van der Waals surface area contributed by atoms with Crippen molar-refractivity contribution in [1.29, 1.82) is 0 Å². The lowest BCUT2D eigenvalue weighted by atomic mass is 9.88. The third-order valence-electron chi connectivity index (χ3n) is 2.48. The van der Waals surface area contributed by atoms with E-state index in [2.05, 4.69) is 0 Å². The summed E-state index contributed by atoms with van der Waals surface area (Å²) in [5.74, 6) is -0.267. The molecular weight excluding hydrogens is 227 g/mol. The van der Waals surface area contributed by atoms with Crippen molar-refractivity contribution in [1.82, 2.24) is 0 Å². The number of hydrogen-bond acceptors (Lipinski definition) is 1. The molecule has 1 unspecified atom stereocenters. The lowest BCUT2D eigenvalue weighted by Crippen LogP contribution is -2.05. The highest BCUT2D eigenvalue weighted by Gasteiger charge is 2.14. The second kappa shape index (κ2) is 6.02. The van der Waals surface area contributed by atoms with Gasteiger partial charge in [0.15, 0.2) is 0 Å². The normalized spacial score (nSPS) is 14.2. The van der Waals surface area contributed by atoms with E-state index in [1.807, 2.05) is 26.0 Å². The Bertz CT molecular complexity index is 357. The van der Waals surface area contributed by atoms with Crippen LogP contribution in [0.2, 0.25) is 5.02 Å². The molecule has 1 aromatic carbocycles. The standard InChI is InChI=1S/C13H16ClFO/c1-9(2)13(7-12(15)8-16)10-3-5-11(14)6-4-10/h3-7,9,13,16H,8H2,1-2H3. The van der Waals surface area contributed by atoms with Gasteiger partial charge in [0.05, 0.1) is 6.61 Å². The van der Waals surface area contributed by atoms with E-state index in [-0.39, 0.29) is 11.8 Å². The number of halogens is 2. The maximum atomic E-state index is 13.1. The molecule has 0 saturated heterocycles. The van der Waals surface area contributed by atoms with E-state index in [1.165, 1.54) is 6.08 Å². The number of rotatable bonds is 4. The first-order chi connectivity index (χ1) is 7.54. The Hall–Kier alpha value is -0.860. The summed E-state index contributed by atoms with van der Waals surface area (Å²) in [6, 6.07) is 7.34. The number of aliphatic hydroxyl groups is 1. The van der Waals surface area contributed by atoms with Crippen LogP contribution in [0.3, 0.4) is 0 Å². The first-order valence-corrected chi connectivity index (χ1v) is 5.65. The average Bonchev–Trinajstić information content (AvgIpc) is 2.26. The minimum absolute atomic E-state index is 0.0376. The number of aliphatic hydroxyl groups excluding tert-OH is 1. The molecule has 0 aromatic heterocycles. The first-order valence-electron chi connectivity index (χ1n) is 5.27. The average molecular weight is 243 g/mol. The van der Waals surface area contributed by atoms with Crippen molar-refractivity contribution >= 4 is 11.6 Å². The van der Waals surface area contributed by atoms with Crippen LogP contribution in [0.5, 0.6) is 0 Å². The fraction of sp³-hybridized carbons (Fsp3) is 0.385. The molecule has 0 heterocycles. The Morgan fingerprint density at radius 3 is 2.38 bits per heavy atom. The largest absolute Gasteiger partial charge is 0.389 e. The molecule has 1 N–H and O–H groups in total. The van der Waals surface area contributed by atoms with Crippen molar-refractivity contribution in [3.05, 3.63) is 46.8 Å². The minimum Gasteiger partial charge on any atom is -0.389 e. The summed E-state index contributed by atoms with van der Waals surface area (Å²) in [6.45, 7) is 3.48. The van der Waals surface area contributed by atoms with Gasteiger partial charge in [-0.2, -0.15) is 0 Å². The van der Waals surface area contributed by atoms with Gasteiger partial charge in [-0.05, 0) is 29.7 Å². The molecule has 0 aliphatic heterocycles. The zero-order valence-electron chi connectivity index (χ0n) is 9.45. The second-order valence-electron chi connectivity index (χ2n) is 4.09. The summed E-state index contributed by atoms with van der Waals surface area (Å²) in [7, 11) is 0. The van der Waals surface area contributed by atoms with E-state index in [4.69, 9.17) is 16.7 Å². The first kappa shape index (κ1) is 13.2. The van der Waals surface area contributed by atoms with Crippen molar-refractivity contribution in [3.8, 4) is 0 Å². The van der Waals surface area contributed by atoms with Crippen LogP contribution < -0.4 is 0 Å². The van der Waals surface area contributed by atoms with Crippen LogP contribution in [0.15, 0.2) is 36.2 Å². The molecule has 0 spiro atoms. The zero-order valence-corrected chi connectivity index (χ0v) is 10.2. The second-order valence-corrected chi connectivity index (χ2v) is 4.53. The maximum Gasteiger partial charge on any atom is 0.122 e. The van der Waals surface area contributed by atoms with Gasteiger partial charge in [-0.25, -0.2) is 4.39 Å². The molecule has 1 nitrogen and oxygen atoms in total. The molecule has 1 aromatic rings. The van der Waals surface area contributed by atoms with Crippen LogP contribution in [-0.4, -0.2) is 11.7 Å². The molecular formula is C13H16ClFO. The molecule has 0 radical (unpaired) electrons. The van der Waals surface area contributed by atoms with Gasteiger partial charge >= 0.3 is 0 Å². The molecule has 0 aliphatic carbocycles. The lowest BCUT2D eigenvalue weighted by Gasteiger charge is -2.17. The van der Waals surface area contributed by atoms with Gasteiger partial charge in [-0.3, -0.25) is 0 Å². The number of benzene rings is 1. The van der Waals surface area contributed by atoms with Crippen LogP contribution in [0.25, 0.3) is 0 Å². The van der Waals surface area contributed by atoms with Gasteiger partial charge in [0, 0.05) is 10.9 Å². The molecule has 0 bridgehead atoms. The smallest absolute Gasteiger partial charge is 0.122 e. The van der Waals surface area contributed by atoms with E-state index < -0.39 is 12.4 Å². The Kier molecular flexibility index (Phi) is 4.97. The molecule has 0 fully saturated rings. The molecule has 1 rings (SSSR count). The summed E-state index contributed by atoms with van der Waals surface area (Å²) in [5, 5.41) is 9.36. The third-order valence-corrected chi connectivity index (χ3v) is 2.74. The maximum absolute atomic E-state index is 13.1. The molecule has 16 heavy (non-hydrogen) atoms. The topological polar surface area (TPSA) is 20.2 Å². The van der Waals surface area contributed by atoms with E-state index in [9.17, 15) is 4.39 Å². The Balaban J connectivity index is 2.98. The molecule has 0 aliphatic rings. The van der Waals surface area contributed by atoms with Crippen molar-refractivity contribution in [2.45, 2.75) is 19.8 Å². The zero-order chi connectivity index (χ0) is 12.1. The fourth-order valence-electron chi connectivity index (χ4n) is 1.61. The van der Waals surface area contributed by atoms with Crippen LogP contribution in [-0.2, 0) is 0 Å². The van der Waals surface area contributed by atoms with E-state index in [0.29, 0.717) is 5.02 Å². The molecule has 3 heteroatoms. The van der Waals surface area contributed by atoms with Gasteiger partial charge < -0.3 is 5.11 Å². The highest BCUT2D eigenvalue weighted by atomic mass is 35.5. The minimum atomic E-state index is -0.545. The summed E-state index contributed by atoms with van der Waals surface area (Å²) in [6.07, 6.45) is 1.47. The quantitative estimate of drug-likeness (QED) is 0.848. The van der Waals surface area contributed by atoms with Crippen LogP contribution in [0.1, 0.15) is 25.3 Å². The third kappa shape index (κ3) is 3.62. The molecule has 0 saturated carbocycles. The van der Waals surface area contributed by atoms with Gasteiger partial charge in [-0.1, -0.05) is 37.6 Å². The van der Waals surface area contributed by atoms with Gasteiger partial charge in [0.1, 0.15) is 5.83 Å². The van der Waals surface area contributed by atoms with Crippen LogP contribution in [0.4, 0.5) is 4.39 Å². The number of allylic oxidation sites excluding steroid dienone is 1. The molecule has 1 atom stereocenters. The van der Waals surface area contributed by atoms with Crippen LogP contribution in [0, 0.1) is 5.92 Å². The van der Waals surface area contributed by atoms with Gasteiger partial charge in [-0.15, -0.1) is 0 Å². The summed E-state index contributed by atoms with van der Waals surface area (Å²) in [4.78, 5) is 0. The fourth-order valence-corrected chi connectivity index (χ4v) is 1.73. The van der Waals surface area contributed by atoms with E-state index in [1.54, 1.807) is 12.1 Å². The Morgan fingerprint density at radius 1 is 1.38 bits per heavy atom. The van der Waals surface area contributed by atoms with Crippen molar-refractivity contribution in [2.75, 3.05) is 6.61 Å². The van der Waals surface area contributed by atoms with Crippen molar-refractivity contribution < 1.29 is 9.50 Å². The predicted molar refractivity (Wildman–Crippen MR) is 65.3 cm³/mol. The summed E-state index contributed by atoms with van der Waals surface area (Å²) >= 11 is 5.80. The predicted octanol–water partition coefficient (Wildman–Crippen LogP) is 3.93. The summed E-state index contributed by atoms with van der Waals surface area (Å²) in [5.41, 5.74) is 1.00. The van der Waals surface area contributed by atoms with E-state index >= 15 is 0 Å². The van der Waals surface area contributed by atoms with E-state index in [0.717, 1.165) is 5.56 Å². The SMILES string of the molecule is CC(C)C(C=C(F)CO)c1ccc(Cl)cc1. The highest BCUT2D eigenvalue weighted by molar-refractivity contribution is 6.30. The molecule has 0 amide bonds. The summed E-state index contributed by atoms with van der Waals surface area (Å²) < 4.78 is 13.1.